The molecule has 0 radical (unpaired) electrons. The Morgan fingerprint density at radius 3 is 2.43 bits per heavy atom. The Labute approximate surface area is 144 Å². The average molecular weight is 379 g/mol. The lowest BCUT2D eigenvalue weighted by Gasteiger charge is -2.16. The Kier molecular flexibility index (Phi) is 5.66. The van der Waals surface area contributed by atoms with Crippen molar-refractivity contribution < 1.29 is 19.4 Å². The molecule has 0 saturated heterocycles. The van der Waals surface area contributed by atoms with E-state index < -0.39 is 5.97 Å². The third-order valence-corrected chi connectivity index (χ3v) is 4.49. The molecule has 0 amide bonds. The van der Waals surface area contributed by atoms with Crippen molar-refractivity contribution in [2.45, 2.75) is 20.8 Å². The lowest BCUT2D eigenvalue weighted by Crippen LogP contribution is -2.12. The Morgan fingerprint density at radius 1 is 1.09 bits per heavy atom. The third-order valence-electron chi connectivity index (χ3n) is 3.67. The molecule has 23 heavy (non-hydrogen) atoms. The van der Waals surface area contributed by atoms with Gasteiger partial charge in [0.1, 0.15) is 30.3 Å². The predicted octanol–water partition coefficient (Wildman–Crippen LogP) is 4.53. The number of carboxylic acid groups (broad SMARTS) is 1. The molecule has 1 N–H and O–H groups in total. The van der Waals surface area contributed by atoms with E-state index >= 15 is 0 Å². The van der Waals surface area contributed by atoms with Gasteiger partial charge in [-0.05, 0) is 55.7 Å². The zero-order chi connectivity index (χ0) is 17.0. The highest BCUT2D eigenvalue weighted by molar-refractivity contribution is 9.10. The Morgan fingerprint density at radius 2 is 1.74 bits per heavy atom. The van der Waals surface area contributed by atoms with E-state index in [4.69, 9.17) is 14.6 Å². The molecule has 0 fully saturated rings. The van der Waals surface area contributed by atoms with Crippen LogP contribution in [0.5, 0.6) is 11.5 Å². The SMILES string of the molecule is Cc1cc(Br)c(C)c(C)c1OCCOc1ccccc1C(=O)O. The van der Waals surface area contributed by atoms with Gasteiger partial charge in [0.2, 0.25) is 0 Å². The summed E-state index contributed by atoms with van der Waals surface area (Å²) in [7, 11) is 0. The maximum Gasteiger partial charge on any atom is 0.339 e. The van der Waals surface area contributed by atoms with Gasteiger partial charge in [-0.25, -0.2) is 4.79 Å². The summed E-state index contributed by atoms with van der Waals surface area (Å²) in [4.78, 5) is 11.1. The van der Waals surface area contributed by atoms with Gasteiger partial charge in [0.15, 0.2) is 0 Å². The van der Waals surface area contributed by atoms with Crippen LogP contribution < -0.4 is 9.47 Å². The lowest BCUT2D eigenvalue weighted by atomic mass is 10.1. The molecule has 0 unspecified atom stereocenters. The van der Waals surface area contributed by atoms with Crippen LogP contribution >= 0.6 is 15.9 Å². The van der Waals surface area contributed by atoms with Gasteiger partial charge in [0.25, 0.3) is 0 Å². The van der Waals surface area contributed by atoms with Gasteiger partial charge in [-0.1, -0.05) is 28.1 Å². The van der Waals surface area contributed by atoms with Crippen LogP contribution in [0.3, 0.4) is 0 Å². The summed E-state index contributed by atoms with van der Waals surface area (Å²) in [6, 6.07) is 8.60. The van der Waals surface area contributed by atoms with Crippen molar-refractivity contribution in [3.63, 3.8) is 0 Å². The van der Waals surface area contributed by atoms with E-state index in [1.165, 1.54) is 6.07 Å². The summed E-state index contributed by atoms with van der Waals surface area (Å²) >= 11 is 3.53. The van der Waals surface area contributed by atoms with Crippen LogP contribution in [0.1, 0.15) is 27.0 Å². The van der Waals surface area contributed by atoms with Gasteiger partial charge < -0.3 is 14.6 Å². The van der Waals surface area contributed by atoms with Crippen molar-refractivity contribution >= 4 is 21.9 Å². The monoisotopic (exact) mass is 378 g/mol. The second-order valence-corrected chi connectivity index (χ2v) is 6.11. The molecule has 2 aromatic rings. The molecule has 2 aromatic carbocycles. The van der Waals surface area contributed by atoms with E-state index in [9.17, 15) is 4.79 Å². The Balaban J connectivity index is 2.00. The number of para-hydroxylation sites is 1. The lowest BCUT2D eigenvalue weighted by molar-refractivity contribution is 0.0691. The molecule has 0 aliphatic carbocycles. The van der Waals surface area contributed by atoms with Gasteiger partial charge in [-0.3, -0.25) is 0 Å². The molecule has 0 bridgehead atoms. The van der Waals surface area contributed by atoms with Crippen LogP contribution in [0, 0.1) is 20.8 Å². The Bertz CT molecular complexity index is 725. The molecule has 0 heterocycles. The predicted molar refractivity (Wildman–Crippen MR) is 92.7 cm³/mol. The molecule has 0 aliphatic heterocycles. The fourth-order valence-corrected chi connectivity index (χ4v) is 2.94. The average Bonchev–Trinajstić information content (AvgIpc) is 2.52. The topological polar surface area (TPSA) is 55.8 Å². The van der Waals surface area contributed by atoms with Gasteiger partial charge in [-0.15, -0.1) is 0 Å². The molecule has 0 aromatic heterocycles. The van der Waals surface area contributed by atoms with Crippen molar-refractivity contribution in [3.8, 4) is 11.5 Å². The molecule has 122 valence electrons. The minimum absolute atomic E-state index is 0.152. The van der Waals surface area contributed by atoms with Crippen molar-refractivity contribution in [2.24, 2.45) is 0 Å². The molecular formula is C18H19BrO4. The number of hydrogen-bond donors (Lipinski definition) is 1. The summed E-state index contributed by atoms with van der Waals surface area (Å²) in [5.41, 5.74) is 3.43. The zero-order valence-corrected chi connectivity index (χ0v) is 14.9. The Hall–Kier alpha value is -2.01. The summed E-state index contributed by atoms with van der Waals surface area (Å²) in [6.45, 7) is 6.66. The number of rotatable bonds is 6. The number of aryl methyl sites for hydroxylation is 1. The minimum Gasteiger partial charge on any atom is -0.489 e. The number of aromatic carboxylic acids is 1. The fraction of sp³-hybridized carbons (Fsp3) is 0.278. The molecule has 0 atom stereocenters. The number of carboxylic acids is 1. The van der Waals surface area contributed by atoms with E-state index in [1.807, 2.05) is 26.8 Å². The van der Waals surface area contributed by atoms with E-state index in [2.05, 4.69) is 15.9 Å². The number of hydrogen-bond acceptors (Lipinski definition) is 3. The highest BCUT2D eigenvalue weighted by Crippen LogP contribution is 2.31. The molecule has 4 nitrogen and oxygen atoms in total. The van der Waals surface area contributed by atoms with Gasteiger partial charge in [0, 0.05) is 4.47 Å². The minimum atomic E-state index is -1.00. The van der Waals surface area contributed by atoms with Crippen molar-refractivity contribution in [3.05, 3.63) is 57.1 Å². The molecule has 0 saturated carbocycles. The maximum atomic E-state index is 11.1. The second kappa shape index (κ2) is 7.51. The van der Waals surface area contributed by atoms with E-state index in [0.717, 1.165) is 26.9 Å². The quantitative estimate of drug-likeness (QED) is 0.750. The van der Waals surface area contributed by atoms with Gasteiger partial charge in [0.05, 0.1) is 0 Å². The van der Waals surface area contributed by atoms with Crippen molar-refractivity contribution in [2.75, 3.05) is 13.2 Å². The smallest absolute Gasteiger partial charge is 0.339 e. The standard InChI is InChI=1S/C18H19BrO4/c1-11-10-15(19)12(2)13(3)17(11)23-9-8-22-16-7-5-4-6-14(16)18(20)21/h4-7,10H,8-9H2,1-3H3,(H,20,21). The molecule has 0 aliphatic rings. The van der Waals surface area contributed by atoms with Crippen molar-refractivity contribution in [1.29, 1.82) is 0 Å². The first-order valence-electron chi connectivity index (χ1n) is 7.26. The number of benzene rings is 2. The summed E-state index contributed by atoms with van der Waals surface area (Å²) in [5.74, 6) is 0.196. The van der Waals surface area contributed by atoms with Gasteiger partial charge >= 0.3 is 5.97 Å². The maximum absolute atomic E-state index is 11.1. The first kappa shape index (κ1) is 17.3. The van der Waals surface area contributed by atoms with Crippen LogP contribution in [0.25, 0.3) is 0 Å². The second-order valence-electron chi connectivity index (χ2n) is 5.25. The number of halogens is 1. The summed E-state index contributed by atoms with van der Waals surface area (Å²) in [5, 5.41) is 9.11. The van der Waals surface area contributed by atoms with E-state index in [0.29, 0.717) is 12.4 Å². The fourth-order valence-electron chi connectivity index (χ4n) is 2.30. The largest absolute Gasteiger partial charge is 0.489 e. The first-order chi connectivity index (χ1) is 10.9. The molecule has 5 heteroatoms. The van der Waals surface area contributed by atoms with Crippen LogP contribution in [0.4, 0.5) is 0 Å². The van der Waals surface area contributed by atoms with Crippen LogP contribution in [0.2, 0.25) is 0 Å². The molecule has 0 spiro atoms. The van der Waals surface area contributed by atoms with E-state index in [-0.39, 0.29) is 12.2 Å². The van der Waals surface area contributed by atoms with Gasteiger partial charge in [-0.2, -0.15) is 0 Å². The summed E-state index contributed by atoms with van der Waals surface area (Å²) in [6.07, 6.45) is 0. The first-order valence-corrected chi connectivity index (χ1v) is 8.05. The number of carbonyl (C=O) groups is 1. The highest BCUT2D eigenvalue weighted by Gasteiger charge is 2.12. The summed E-state index contributed by atoms with van der Waals surface area (Å²) < 4.78 is 12.4. The molecular weight excluding hydrogens is 360 g/mol. The number of ether oxygens (including phenoxy) is 2. The normalized spacial score (nSPS) is 10.4. The van der Waals surface area contributed by atoms with Crippen LogP contribution in [-0.2, 0) is 0 Å². The zero-order valence-electron chi connectivity index (χ0n) is 13.4. The third kappa shape index (κ3) is 4.05. The van der Waals surface area contributed by atoms with E-state index in [1.54, 1.807) is 18.2 Å². The van der Waals surface area contributed by atoms with Crippen LogP contribution in [-0.4, -0.2) is 24.3 Å². The van der Waals surface area contributed by atoms with Crippen molar-refractivity contribution in [1.82, 2.24) is 0 Å². The van der Waals surface area contributed by atoms with Crippen LogP contribution in [0.15, 0.2) is 34.8 Å². The highest BCUT2D eigenvalue weighted by atomic mass is 79.9. The molecule has 2 rings (SSSR count).